The molecule has 0 fully saturated rings. The van der Waals surface area contributed by atoms with Crippen molar-refractivity contribution in [2.75, 3.05) is 0 Å². The molecule has 2 aliphatic rings. The number of hydrogen-bond acceptors (Lipinski definition) is 2. The zero-order valence-electron chi connectivity index (χ0n) is 34.3. The second kappa shape index (κ2) is 11.7. The van der Waals surface area contributed by atoms with Crippen LogP contribution < -0.4 is 0 Å². The van der Waals surface area contributed by atoms with E-state index in [4.69, 9.17) is 8.83 Å². The highest BCUT2D eigenvalue weighted by Crippen LogP contribution is 2.60. The molecule has 292 valence electrons. The Morgan fingerprint density at radius 2 is 0.688 bits per heavy atom. The van der Waals surface area contributed by atoms with E-state index in [2.05, 4.69) is 194 Å². The number of furan rings is 2. The maximum absolute atomic E-state index is 6.98. The Morgan fingerprint density at radius 1 is 0.219 bits per heavy atom. The minimum atomic E-state index is 0.894. The normalized spacial score (nSPS) is 12.7. The van der Waals surface area contributed by atoms with Gasteiger partial charge in [0.2, 0.25) is 0 Å². The van der Waals surface area contributed by atoms with Gasteiger partial charge in [-0.05, 0) is 123 Å². The first-order valence-corrected chi connectivity index (χ1v) is 22.2. The lowest BCUT2D eigenvalue weighted by atomic mass is 9.80. The van der Waals surface area contributed by atoms with E-state index < -0.39 is 0 Å². The Balaban J connectivity index is 1.13. The highest BCUT2D eigenvalue weighted by molar-refractivity contribution is 6.35. The molecule has 0 N–H and O–H groups in total. The summed E-state index contributed by atoms with van der Waals surface area (Å²) < 4.78 is 13.9. The molecule has 0 saturated carbocycles. The molecule has 0 bridgehead atoms. The fraction of sp³-hybridized carbons (Fsp3) is 0. The smallest absolute Gasteiger partial charge is 0.143 e. The maximum atomic E-state index is 6.98. The minimum absolute atomic E-state index is 0.894. The zero-order valence-corrected chi connectivity index (χ0v) is 34.3. The van der Waals surface area contributed by atoms with Gasteiger partial charge in [-0.3, -0.25) is 0 Å². The molecule has 2 heteroatoms. The molecular weight excluding hydrogens is 777 g/mol. The fourth-order valence-electron chi connectivity index (χ4n) is 12.1. The largest absolute Gasteiger partial charge is 0.455 e. The van der Waals surface area contributed by atoms with Gasteiger partial charge in [0.15, 0.2) is 0 Å². The third-order valence-electron chi connectivity index (χ3n) is 14.7. The molecule has 0 unspecified atom stereocenters. The summed E-state index contributed by atoms with van der Waals surface area (Å²) in [6.45, 7) is 0. The SMILES string of the molecule is c1cc2c3c(cccc3c1)-c1cc3c(ccc4c3ccc3c(-c5cccc6c5oc5ccccc56)c5c(c(-c6cccc7c6oc6ccccc67)c34)-c3cccc4cccc-5c34)cc1-2. The van der Waals surface area contributed by atoms with E-state index in [-0.39, 0.29) is 0 Å². The zero-order chi connectivity index (χ0) is 41.4. The summed E-state index contributed by atoms with van der Waals surface area (Å²) in [5.41, 5.74) is 18.4. The van der Waals surface area contributed by atoms with E-state index in [9.17, 15) is 0 Å². The first kappa shape index (κ1) is 33.2. The van der Waals surface area contributed by atoms with Gasteiger partial charge in [-0.15, -0.1) is 0 Å². The summed E-state index contributed by atoms with van der Waals surface area (Å²) in [4.78, 5) is 0. The number of rotatable bonds is 2. The van der Waals surface area contributed by atoms with Gasteiger partial charge < -0.3 is 8.83 Å². The molecule has 0 radical (unpaired) electrons. The summed E-state index contributed by atoms with van der Waals surface area (Å²) in [6, 6.07) is 71.7. The molecule has 0 aliphatic heterocycles. The monoisotopic (exact) mass is 808 g/mol. The van der Waals surface area contributed by atoms with Gasteiger partial charge in [0.25, 0.3) is 0 Å². The van der Waals surface area contributed by atoms with Gasteiger partial charge in [-0.2, -0.15) is 0 Å². The van der Waals surface area contributed by atoms with Gasteiger partial charge in [-0.25, -0.2) is 0 Å². The van der Waals surface area contributed by atoms with Gasteiger partial charge >= 0.3 is 0 Å². The molecule has 0 amide bonds. The van der Waals surface area contributed by atoms with Crippen LogP contribution >= 0.6 is 0 Å². The molecule has 2 nitrogen and oxygen atoms in total. The van der Waals surface area contributed by atoms with Crippen molar-refractivity contribution >= 4 is 97.7 Å². The molecule has 2 heterocycles. The van der Waals surface area contributed by atoms with Crippen molar-refractivity contribution in [1.82, 2.24) is 0 Å². The van der Waals surface area contributed by atoms with Gasteiger partial charge in [-0.1, -0.05) is 170 Å². The molecule has 2 aliphatic carbocycles. The first-order chi connectivity index (χ1) is 31.8. The van der Waals surface area contributed by atoms with E-state index in [1.807, 2.05) is 0 Å². The Hall–Kier alpha value is -8.46. The van der Waals surface area contributed by atoms with Crippen LogP contribution in [-0.4, -0.2) is 0 Å². The van der Waals surface area contributed by atoms with Crippen molar-refractivity contribution in [3.8, 4) is 66.8 Å². The summed E-state index contributed by atoms with van der Waals surface area (Å²) in [7, 11) is 0. The van der Waals surface area contributed by atoms with Crippen LogP contribution in [0.5, 0.6) is 0 Å². The number of fused-ring (bicyclic) bond motifs is 17. The van der Waals surface area contributed by atoms with Crippen LogP contribution in [-0.2, 0) is 0 Å². The third kappa shape index (κ3) is 4.03. The van der Waals surface area contributed by atoms with Gasteiger partial charge in [0.1, 0.15) is 22.3 Å². The molecule has 14 aromatic rings. The topological polar surface area (TPSA) is 26.3 Å². The predicted molar refractivity (Wildman–Crippen MR) is 268 cm³/mol. The number of benzene rings is 12. The van der Waals surface area contributed by atoms with Crippen molar-refractivity contribution in [2.45, 2.75) is 0 Å². The van der Waals surface area contributed by atoms with Crippen molar-refractivity contribution < 1.29 is 8.83 Å². The average molecular weight is 809 g/mol. The van der Waals surface area contributed by atoms with Crippen molar-refractivity contribution in [2.24, 2.45) is 0 Å². The van der Waals surface area contributed by atoms with Crippen LogP contribution in [0.15, 0.2) is 203 Å². The lowest BCUT2D eigenvalue weighted by Gasteiger charge is -2.22. The van der Waals surface area contributed by atoms with Crippen LogP contribution in [0.4, 0.5) is 0 Å². The Labute approximate surface area is 365 Å². The summed E-state index contributed by atoms with van der Waals surface area (Å²) in [5, 5.41) is 17.0. The molecule has 0 atom stereocenters. The molecule has 0 spiro atoms. The lowest BCUT2D eigenvalue weighted by molar-refractivity contribution is 0.669. The molecule has 2 aromatic heterocycles. The molecule has 16 rings (SSSR count). The van der Waals surface area contributed by atoms with E-state index in [0.29, 0.717) is 0 Å². The van der Waals surface area contributed by atoms with E-state index >= 15 is 0 Å². The fourth-order valence-corrected chi connectivity index (χ4v) is 12.1. The van der Waals surface area contributed by atoms with Crippen LogP contribution in [0.1, 0.15) is 0 Å². The summed E-state index contributed by atoms with van der Waals surface area (Å²) >= 11 is 0. The second-order valence-electron chi connectivity index (χ2n) is 17.7. The van der Waals surface area contributed by atoms with Crippen molar-refractivity contribution in [3.63, 3.8) is 0 Å². The Morgan fingerprint density at radius 3 is 1.33 bits per heavy atom. The molecule has 64 heavy (non-hydrogen) atoms. The highest BCUT2D eigenvalue weighted by Gasteiger charge is 2.34. The molecule has 0 saturated heterocycles. The maximum Gasteiger partial charge on any atom is 0.143 e. The number of para-hydroxylation sites is 4. The first-order valence-electron chi connectivity index (χ1n) is 22.2. The van der Waals surface area contributed by atoms with E-state index in [1.54, 1.807) is 0 Å². The van der Waals surface area contributed by atoms with E-state index in [0.717, 1.165) is 55.0 Å². The minimum Gasteiger partial charge on any atom is -0.455 e. The van der Waals surface area contributed by atoms with Crippen molar-refractivity contribution in [3.05, 3.63) is 194 Å². The highest BCUT2D eigenvalue weighted by atomic mass is 16.3. The Bertz CT molecular complexity index is 4470. The standard InChI is InChI=1S/C62H32O2/c1-3-25-52-37(15-1)42-19-9-23-47(61(42)63-52)57-46-30-29-36-41(28-27-35-31-50-39-17-5-11-33-12-6-18-40(54(33)39)51(50)32-49(35)36)56(46)60(48-24-10-20-43-38-16-2-4-26-53(38)64-62(43)48)59-45-22-8-14-34-13-7-21-44(55(34)45)58(57)59/h1-32H. The quantitative estimate of drug-likeness (QED) is 0.163. The number of hydrogen-bond donors (Lipinski definition) is 0. The van der Waals surface area contributed by atoms with Gasteiger partial charge in [0.05, 0.1) is 0 Å². The predicted octanol–water partition coefficient (Wildman–Crippen LogP) is 17.9. The lowest BCUT2D eigenvalue weighted by Crippen LogP contribution is -1.95. The molecule has 12 aromatic carbocycles. The average Bonchev–Trinajstić information content (AvgIpc) is 4.10. The van der Waals surface area contributed by atoms with Gasteiger partial charge in [0, 0.05) is 43.8 Å². The van der Waals surface area contributed by atoms with Crippen LogP contribution in [0.3, 0.4) is 0 Å². The summed E-state index contributed by atoms with van der Waals surface area (Å²) in [6.07, 6.45) is 0. The Kier molecular flexibility index (Phi) is 6.08. The third-order valence-corrected chi connectivity index (χ3v) is 14.7. The molecular formula is C62H32O2. The summed E-state index contributed by atoms with van der Waals surface area (Å²) in [5.74, 6) is 0. The van der Waals surface area contributed by atoms with Crippen molar-refractivity contribution in [1.29, 1.82) is 0 Å². The van der Waals surface area contributed by atoms with Crippen LogP contribution in [0.2, 0.25) is 0 Å². The van der Waals surface area contributed by atoms with Crippen LogP contribution in [0, 0.1) is 0 Å². The second-order valence-corrected chi connectivity index (χ2v) is 17.7. The van der Waals surface area contributed by atoms with Crippen LogP contribution in [0.25, 0.3) is 165 Å². The van der Waals surface area contributed by atoms with E-state index in [1.165, 1.54) is 109 Å².